The van der Waals surface area contributed by atoms with Crippen molar-refractivity contribution in [2.24, 2.45) is 0 Å². The Bertz CT molecular complexity index is 665. The minimum atomic E-state index is -0.598. The molecule has 0 aromatic heterocycles. The number of aliphatic hydroxyl groups excluding tert-OH is 1. The van der Waals surface area contributed by atoms with E-state index >= 15 is 0 Å². The fourth-order valence-corrected chi connectivity index (χ4v) is 3.47. The van der Waals surface area contributed by atoms with E-state index in [0.717, 1.165) is 6.07 Å². The van der Waals surface area contributed by atoms with E-state index in [1.807, 2.05) is 0 Å². The topological polar surface area (TPSA) is 88.1 Å². The Morgan fingerprint density at radius 2 is 2.04 bits per heavy atom. The molecule has 3 atom stereocenters. The molecular weight excluding hydrogens is 355 g/mol. The molecule has 0 aliphatic carbocycles. The van der Waals surface area contributed by atoms with Gasteiger partial charge in [0.25, 0.3) is 5.91 Å². The molecule has 2 N–H and O–H groups in total. The summed E-state index contributed by atoms with van der Waals surface area (Å²) in [5, 5.41) is 12.4. The number of ether oxygens (including phenoxy) is 2. The summed E-state index contributed by atoms with van der Waals surface area (Å²) in [7, 11) is 0. The first-order chi connectivity index (χ1) is 13.1. The second-order valence-electron chi connectivity index (χ2n) is 6.84. The highest BCUT2D eigenvalue weighted by atomic mass is 19.1. The zero-order chi connectivity index (χ0) is 19.2. The van der Waals surface area contributed by atoms with E-state index in [2.05, 4.69) is 5.32 Å². The van der Waals surface area contributed by atoms with Crippen molar-refractivity contribution >= 4 is 11.8 Å². The summed E-state index contributed by atoms with van der Waals surface area (Å²) >= 11 is 0. The molecule has 0 radical (unpaired) electrons. The Labute approximate surface area is 157 Å². The van der Waals surface area contributed by atoms with Crippen molar-refractivity contribution in [2.75, 3.05) is 32.9 Å². The summed E-state index contributed by atoms with van der Waals surface area (Å²) in [4.78, 5) is 26.4. The molecule has 0 unspecified atom stereocenters. The van der Waals surface area contributed by atoms with E-state index in [0.29, 0.717) is 39.1 Å². The third-order valence-electron chi connectivity index (χ3n) is 4.96. The van der Waals surface area contributed by atoms with Gasteiger partial charge in [-0.3, -0.25) is 9.59 Å². The molecule has 0 bridgehead atoms. The molecule has 2 aliphatic rings. The van der Waals surface area contributed by atoms with Gasteiger partial charge < -0.3 is 24.8 Å². The number of carbonyl (C=O) groups is 2. The third kappa shape index (κ3) is 5.24. The maximum absolute atomic E-state index is 13.3. The van der Waals surface area contributed by atoms with Gasteiger partial charge in [-0.2, -0.15) is 0 Å². The minimum Gasteiger partial charge on any atom is -0.394 e. The highest BCUT2D eigenvalue weighted by Crippen LogP contribution is 2.23. The third-order valence-corrected chi connectivity index (χ3v) is 4.96. The summed E-state index contributed by atoms with van der Waals surface area (Å²) in [6, 6.07) is 5.04. The number of nitrogens with one attached hydrogen (secondary N) is 1. The second-order valence-corrected chi connectivity index (χ2v) is 6.84. The summed E-state index contributed by atoms with van der Waals surface area (Å²) in [5.74, 6) is -0.880. The number of hydrogen-bond acceptors (Lipinski definition) is 5. The van der Waals surface area contributed by atoms with Crippen LogP contribution in [0.5, 0.6) is 0 Å². The van der Waals surface area contributed by atoms with E-state index < -0.39 is 17.8 Å². The largest absolute Gasteiger partial charge is 0.394 e. The molecule has 2 heterocycles. The molecule has 27 heavy (non-hydrogen) atoms. The number of nitrogens with zero attached hydrogens (tertiary/aromatic N) is 1. The van der Waals surface area contributed by atoms with Crippen LogP contribution < -0.4 is 5.32 Å². The predicted octanol–water partition coefficient (Wildman–Crippen LogP) is 0.713. The maximum Gasteiger partial charge on any atom is 0.251 e. The number of rotatable bonds is 5. The number of amides is 2. The molecule has 7 nitrogen and oxygen atoms in total. The Hall–Kier alpha value is -2.03. The van der Waals surface area contributed by atoms with Crippen molar-refractivity contribution in [3.63, 3.8) is 0 Å². The van der Waals surface area contributed by atoms with E-state index in [4.69, 9.17) is 9.47 Å². The Morgan fingerprint density at radius 3 is 2.74 bits per heavy atom. The Kier molecular flexibility index (Phi) is 6.76. The molecule has 0 saturated carbocycles. The van der Waals surface area contributed by atoms with Crippen LogP contribution in [0.15, 0.2) is 24.3 Å². The monoisotopic (exact) mass is 380 g/mol. The first-order valence-corrected chi connectivity index (χ1v) is 9.25. The highest BCUT2D eigenvalue weighted by Gasteiger charge is 2.34. The average molecular weight is 380 g/mol. The number of morpholine rings is 1. The normalized spacial score (nSPS) is 25.9. The lowest BCUT2D eigenvalue weighted by atomic mass is 9.96. The van der Waals surface area contributed by atoms with E-state index in [-0.39, 0.29) is 36.6 Å². The molecule has 1 aromatic carbocycles. The van der Waals surface area contributed by atoms with E-state index in [1.165, 1.54) is 18.2 Å². The van der Waals surface area contributed by atoms with Crippen molar-refractivity contribution < 1.29 is 28.6 Å². The zero-order valence-corrected chi connectivity index (χ0v) is 15.1. The van der Waals surface area contributed by atoms with Crippen molar-refractivity contribution in [3.05, 3.63) is 35.6 Å². The maximum atomic E-state index is 13.3. The molecule has 1 aromatic rings. The van der Waals surface area contributed by atoms with Crippen molar-refractivity contribution in [2.45, 2.75) is 37.5 Å². The molecule has 3 rings (SSSR count). The zero-order valence-electron chi connectivity index (χ0n) is 15.1. The van der Waals surface area contributed by atoms with Gasteiger partial charge in [-0.1, -0.05) is 6.07 Å². The fraction of sp³-hybridized carbons (Fsp3) is 0.579. The number of hydrogen-bond donors (Lipinski definition) is 2. The van der Waals surface area contributed by atoms with Crippen molar-refractivity contribution in [1.29, 1.82) is 0 Å². The van der Waals surface area contributed by atoms with Crippen molar-refractivity contribution in [3.8, 4) is 0 Å². The smallest absolute Gasteiger partial charge is 0.251 e. The molecule has 2 aliphatic heterocycles. The molecule has 2 amide bonds. The Balaban J connectivity index is 1.53. The highest BCUT2D eigenvalue weighted by molar-refractivity contribution is 5.94. The predicted molar refractivity (Wildman–Crippen MR) is 94.7 cm³/mol. The number of aliphatic hydroxyl groups is 1. The van der Waals surface area contributed by atoms with Crippen LogP contribution in [0.1, 0.15) is 29.6 Å². The molecule has 0 spiro atoms. The summed E-state index contributed by atoms with van der Waals surface area (Å²) in [6.45, 7) is 1.99. The Morgan fingerprint density at radius 1 is 1.26 bits per heavy atom. The standard InChI is InChI=1S/C19H25FN2O5/c20-14-3-1-2-13(10-14)19(25)21-16-5-4-15(27-17(16)12-23)11-18(24)22-6-8-26-9-7-22/h1-3,10,15-17,23H,4-9,11-12H2,(H,21,25)/t15-,16-,17+/m0/s1. The first-order valence-electron chi connectivity index (χ1n) is 9.25. The fourth-order valence-electron chi connectivity index (χ4n) is 3.47. The van der Waals surface area contributed by atoms with Gasteiger partial charge in [-0.25, -0.2) is 4.39 Å². The van der Waals surface area contributed by atoms with Crippen LogP contribution in [-0.4, -0.2) is 73.0 Å². The number of halogens is 1. The summed E-state index contributed by atoms with van der Waals surface area (Å²) < 4.78 is 24.4. The van der Waals surface area contributed by atoms with Gasteiger partial charge in [0.1, 0.15) is 11.9 Å². The van der Waals surface area contributed by atoms with Gasteiger partial charge in [0.15, 0.2) is 0 Å². The second kappa shape index (κ2) is 9.25. The SMILES string of the molecule is O=C(N[C@H]1CC[C@@H](CC(=O)N2CCOCC2)O[C@@H]1CO)c1cccc(F)c1. The lowest BCUT2D eigenvalue weighted by Crippen LogP contribution is -2.52. The lowest BCUT2D eigenvalue weighted by molar-refractivity contribution is -0.143. The molecule has 148 valence electrons. The summed E-state index contributed by atoms with van der Waals surface area (Å²) in [6.07, 6.45) is 0.535. The van der Waals surface area contributed by atoms with Gasteiger partial charge in [0.2, 0.25) is 5.91 Å². The quantitative estimate of drug-likeness (QED) is 0.786. The van der Waals surface area contributed by atoms with Gasteiger partial charge in [0.05, 0.1) is 38.4 Å². The lowest BCUT2D eigenvalue weighted by Gasteiger charge is -2.37. The van der Waals surface area contributed by atoms with Crippen LogP contribution in [-0.2, 0) is 14.3 Å². The van der Waals surface area contributed by atoms with Gasteiger partial charge in [-0.05, 0) is 31.0 Å². The van der Waals surface area contributed by atoms with E-state index in [9.17, 15) is 19.1 Å². The van der Waals surface area contributed by atoms with Crippen LogP contribution >= 0.6 is 0 Å². The molecule has 2 saturated heterocycles. The van der Waals surface area contributed by atoms with Crippen LogP contribution in [0.4, 0.5) is 4.39 Å². The molecular formula is C19H25FN2O5. The van der Waals surface area contributed by atoms with Crippen LogP contribution in [0.2, 0.25) is 0 Å². The minimum absolute atomic E-state index is 0.0160. The van der Waals surface area contributed by atoms with Crippen LogP contribution in [0.3, 0.4) is 0 Å². The molecule has 8 heteroatoms. The first kappa shape index (κ1) is 19.7. The van der Waals surface area contributed by atoms with Crippen LogP contribution in [0, 0.1) is 5.82 Å². The van der Waals surface area contributed by atoms with Gasteiger partial charge in [-0.15, -0.1) is 0 Å². The van der Waals surface area contributed by atoms with Crippen LogP contribution in [0.25, 0.3) is 0 Å². The average Bonchev–Trinajstić information content (AvgIpc) is 2.69. The number of carbonyl (C=O) groups excluding carboxylic acids is 2. The number of benzene rings is 1. The van der Waals surface area contributed by atoms with Gasteiger partial charge >= 0.3 is 0 Å². The van der Waals surface area contributed by atoms with E-state index in [1.54, 1.807) is 4.90 Å². The molecule has 2 fully saturated rings. The van der Waals surface area contributed by atoms with Gasteiger partial charge in [0, 0.05) is 18.7 Å². The summed E-state index contributed by atoms with van der Waals surface area (Å²) in [5.41, 5.74) is 0.219. The van der Waals surface area contributed by atoms with Crippen molar-refractivity contribution in [1.82, 2.24) is 10.2 Å².